The number of anilines is 1. The standard InChI is InChI=1S/C12H12ClN3/c13-9-3-5-10(6-4-9)16-12(14)7-11(15-16)8-1-2-8/h3-8H,1-2,14H2. The van der Waals surface area contributed by atoms with E-state index in [1.54, 1.807) is 4.68 Å². The van der Waals surface area contributed by atoms with E-state index < -0.39 is 0 Å². The second-order valence-electron chi connectivity index (χ2n) is 4.16. The molecule has 0 bridgehead atoms. The molecule has 1 saturated carbocycles. The van der Waals surface area contributed by atoms with Gasteiger partial charge in [-0.05, 0) is 37.1 Å². The number of nitrogens with zero attached hydrogens (tertiary/aromatic N) is 2. The summed E-state index contributed by atoms with van der Waals surface area (Å²) in [7, 11) is 0. The molecule has 1 aliphatic carbocycles. The van der Waals surface area contributed by atoms with Crippen LogP contribution in [0.15, 0.2) is 30.3 Å². The number of rotatable bonds is 2. The predicted molar refractivity (Wildman–Crippen MR) is 65.0 cm³/mol. The Morgan fingerprint density at radius 3 is 2.56 bits per heavy atom. The van der Waals surface area contributed by atoms with Gasteiger partial charge < -0.3 is 5.73 Å². The summed E-state index contributed by atoms with van der Waals surface area (Å²) in [5.41, 5.74) is 8.00. The first-order valence-electron chi connectivity index (χ1n) is 5.35. The van der Waals surface area contributed by atoms with Crippen LogP contribution in [0.2, 0.25) is 5.02 Å². The minimum absolute atomic E-state index is 0.621. The molecule has 1 heterocycles. The molecule has 2 N–H and O–H groups in total. The Kier molecular flexibility index (Phi) is 2.14. The van der Waals surface area contributed by atoms with Crippen molar-refractivity contribution < 1.29 is 0 Å². The Bertz CT molecular complexity index is 512. The number of benzene rings is 1. The van der Waals surface area contributed by atoms with E-state index in [2.05, 4.69) is 5.10 Å². The van der Waals surface area contributed by atoms with Crippen molar-refractivity contribution in [3.63, 3.8) is 0 Å². The van der Waals surface area contributed by atoms with Crippen LogP contribution in [0.25, 0.3) is 5.69 Å². The normalized spacial score (nSPS) is 15.3. The fourth-order valence-electron chi connectivity index (χ4n) is 1.78. The zero-order valence-corrected chi connectivity index (χ0v) is 9.48. The molecule has 1 aromatic heterocycles. The third-order valence-electron chi connectivity index (χ3n) is 2.82. The van der Waals surface area contributed by atoms with Gasteiger partial charge in [0.25, 0.3) is 0 Å². The van der Waals surface area contributed by atoms with E-state index in [4.69, 9.17) is 17.3 Å². The van der Waals surface area contributed by atoms with Gasteiger partial charge in [-0.25, -0.2) is 4.68 Å². The maximum Gasteiger partial charge on any atom is 0.127 e. The molecule has 82 valence electrons. The lowest BCUT2D eigenvalue weighted by Gasteiger charge is -2.03. The van der Waals surface area contributed by atoms with Crippen LogP contribution in [-0.2, 0) is 0 Å². The monoisotopic (exact) mass is 233 g/mol. The van der Waals surface area contributed by atoms with Crippen LogP contribution < -0.4 is 5.73 Å². The predicted octanol–water partition coefficient (Wildman–Crippen LogP) is 2.99. The molecule has 0 atom stereocenters. The second-order valence-corrected chi connectivity index (χ2v) is 4.59. The molecule has 3 rings (SSSR count). The molecule has 4 heteroatoms. The van der Waals surface area contributed by atoms with E-state index >= 15 is 0 Å². The third-order valence-corrected chi connectivity index (χ3v) is 3.07. The highest BCUT2D eigenvalue weighted by Crippen LogP contribution is 2.40. The number of aromatic nitrogens is 2. The first-order valence-corrected chi connectivity index (χ1v) is 5.73. The number of nitrogen functional groups attached to an aromatic ring is 1. The first-order chi connectivity index (χ1) is 7.74. The Hall–Kier alpha value is -1.48. The molecule has 1 aromatic carbocycles. The highest BCUT2D eigenvalue weighted by molar-refractivity contribution is 6.30. The Morgan fingerprint density at radius 2 is 1.94 bits per heavy atom. The lowest BCUT2D eigenvalue weighted by molar-refractivity contribution is 0.845. The van der Waals surface area contributed by atoms with Crippen molar-refractivity contribution in [1.29, 1.82) is 0 Å². The number of hydrogen-bond donors (Lipinski definition) is 1. The van der Waals surface area contributed by atoms with Gasteiger partial charge in [0, 0.05) is 17.0 Å². The lowest BCUT2D eigenvalue weighted by atomic mass is 10.3. The van der Waals surface area contributed by atoms with Crippen LogP contribution in [0, 0.1) is 0 Å². The zero-order valence-electron chi connectivity index (χ0n) is 8.73. The number of nitrogens with two attached hydrogens (primary N) is 1. The lowest BCUT2D eigenvalue weighted by Crippen LogP contribution is -2.01. The van der Waals surface area contributed by atoms with Gasteiger partial charge in [-0.15, -0.1) is 0 Å². The van der Waals surface area contributed by atoms with Crippen LogP contribution in [0.3, 0.4) is 0 Å². The molecule has 1 fully saturated rings. The van der Waals surface area contributed by atoms with Gasteiger partial charge in [-0.2, -0.15) is 5.10 Å². The summed E-state index contributed by atoms with van der Waals surface area (Å²) >= 11 is 5.84. The van der Waals surface area contributed by atoms with E-state index in [0.29, 0.717) is 11.7 Å². The molecule has 0 amide bonds. The minimum Gasteiger partial charge on any atom is -0.384 e. The van der Waals surface area contributed by atoms with E-state index in [0.717, 1.165) is 16.4 Å². The van der Waals surface area contributed by atoms with Gasteiger partial charge in [-0.1, -0.05) is 11.6 Å². The van der Waals surface area contributed by atoms with Gasteiger partial charge >= 0.3 is 0 Å². The molecule has 0 unspecified atom stereocenters. The van der Waals surface area contributed by atoms with Crippen molar-refractivity contribution in [2.75, 3.05) is 5.73 Å². The molecule has 3 nitrogen and oxygen atoms in total. The van der Waals surface area contributed by atoms with Crippen molar-refractivity contribution in [3.05, 3.63) is 41.0 Å². The smallest absolute Gasteiger partial charge is 0.127 e. The van der Waals surface area contributed by atoms with Crippen LogP contribution >= 0.6 is 11.6 Å². The molecule has 0 aliphatic heterocycles. The zero-order chi connectivity index (χ0) is 11.1. The summed E-state index contributed by atoms with van der Waals surface area (Å²) < 4.78 is 1.77. The molecular formula is C12H12ClN3. The van der Waals surface area contributed by atoms with Crippen molar-refractivity contribution in [1.82, 2.24) is 9.78 Å². The van der Waals surface area contributed by atoms with Gasteiger partial charge in [0.1, 0.15) is 5.82 Å². The summed E-state index contributed by atoms with van der Waals surface area (Å²) in [6.07, 6.45) is 2.47. The van der Waals surface area contributed by atoms with Crippen LogP contribution in [0.1, 0.15) is 24.5 Å². The molecule has 1 aliphatic rings. The van der Waals surface area contributed by atoms with Gasteiger partial charge in [0.05, 0.1) is 11.4 Å². The minimum atomic E-state index is 0.621. The van der Waals surface area contributed by atoms with E-state index in [9.17, 15) is 0 Å². The molecule has 0 saturated heterocycles. The van der Waals surface area contributed by atoms with Crippen molar-refractivity contribution in [2.45, 2.75) is 18.8 Å². The fraction of sp³-hybridized carbons (Fsp3) is 0.250. The van der Waals surface area contributed by atoms with Gasteiger partial charge in [0.2, 0.25) is 0 Å². The van der Waals surface area contributed by atoms with Crippen LogP contribution in [0.5, 0.6) is 0 Å². The summed E-state index contributed by atoms with van der Waals surface area (Å²) in [5.74, 6) is 1.31. The average Bonchev–Trinajstić information content (AvgIpc) is 3.04. The fourth-order valence-corrected chi connectivity index (χ4v) is 1.91. The van der Waals surface area contributed by atoms with Crippen molar-refractivity contribution >= 4 is 17.4 Å². The summed E-state index contributed by atoms with van der Waals surface area (Å²) in [6.45, 7) is 0. The largest absolute Gasteiger partial charge is 0.384 e. The van der Waals surface area contributed by atoms with Gasteiger partial charge in [0.15, 0.2) is 0 Å². The SMILES string of the molecule is Nc1cc(C2CC2)nn1-c1ccc(Cl)cc1. The second kappa shape index (κ2) is 3.52. The van der Waals surface area contributed by atoms with Gasteiger partial charge in [-0.3, -0.25) is 0 Å². The highest BCUT2D eigenvalue weighted by atomic mass is 35.5. The Morgan fingerprint density at radius 1 is 1.25 bits per heavy atom. The highest BCUT2D eigenvalue weighted by Gasteiger charge is 2.27. The summed E-state index contributed by atoms with van der Waals surface area (Å²) in [6, 6.07) is 9.49. The third kappa shape index (κ3) is 1.67. The number of halogens is 1. The molecule has 0 radical (unpaired) electrons. The topological polar surface area (TPSA) is 43.8 Å². The maximum absolute atomic E-state index is 5.94. The number of hydrogen-bond acceptors (Lipinski definition) is 2. The molecular weight excluding hydrogens is 222 g/mol. The maximum atomic E-state index is 5.94. The van der Waals surface area contributed by atoms with E-state index in [1.165, 1.54) is 12.8 Å². The van der Waals surface area contributed by atoms with Crippen LogP contribution in [0.4, 0.5) is 5.82 Å². The first kappa shape index (κ1) is 9.73. The summed E-state index contributed by atoms with van der Waals surface area (Å²) in [4.78, 5) is 0. The Labute approximate surface area is 98.8 Å². The van der Waals surface area contributed by atoms with Crippen LogP contribution in [-0.4, -0.2) is 9.78 Å². The van der Waals surface area contributed by atoms with E-state index in [1.807, 2.05) is 30.3 Å². The quantitative estimate of drug-likeness (QED) is 0.867. The van der Waals surface area contributed by atoms with Crippen molar-refractivity contribution in [2.24, 2.45) is 0 Å². The molecule has 16 heavy (non-hydrogen) atoms. The molecule has 2 aromatic rings. The van der Waals surface area contributed by atoms with Crippen molar-refractivity contribution in [3.8, 4) is 5.69 Å². The average molecular weight is 234 g/mol. The summed E-state index contributed by atoms with van der Waals surface area (Å²) in [5, 5.41) is 5.24. The Balaban J connectivity index is 2.01. The van der Waals surface area contributed by atoms with E-state index in [-0.39, 0.29) is 0 Å². The molecule has 0 spiro atoms.